The van der Waals surface area contributed by atoms with Crippen LogP contribution in [0.2, 0.25) is 0 Å². The Morgan fingerprint density at radius 3 is 2.07 bits per heavy atom. The zero-order valence-corrected chi connectivity index (χ0v) is 16.6. The van der Waals surface area contributed by atoms with E-state index in [2.05, 4.69) is 4.98 Å². The van der Waals surface area contributed by atoms with Crippen LogP contribution in [0.1, 0.15) is 25.7 Å². The van der Waals surface area contributed by atoms with Crippen LogP contribution in [-0.4, -0.2) is 55.0 Å². The summed E-state index contributed by atoms with van der Waals surface area (Å²) in [5.74, 6) is -8.58. The van der Waals surface area contributed by atoms with E-state index in [0.717, 1.165) is 11.8 Å². The Morgan fingerprint density at radius 2 is 1.50 bits per heavy atom. The molecule has 0 bridgehead atoms. The van der Waals surface area contributed by atoms with Crippen molar-refractivity contribution in [1.82, 2.24) is 4.98 Å². The number of hydrogen-bond donors (Lipinski definition) is 4. The summed E-state index contributed by atoms with van der Waals surface area (Å²) in [4.78, 5) is 49.5. The number of thioether (sulfide) groups is 1. The van der Waals surface area contributed by atoms with E-state index in [1.165, 1.54) is 0 Å². The van der Waals surface area contributed by atoms with E-state index in [-0.39, 0.29) is 30.2 Å². The Labute approximate surface area is 174 Å². The Kier molecular flexibility index (Phi) is 8.22. The summed E-state index contributed by atoms with van der Waals surface area (Å²) in [6.45, 7) is 0. The SMILES string of the molecule is O=C(O)CCC(CC(CC(CSc1nc2ccccc2o1)C(=O)O)C(=O)O)C(=O)O. The molecule has 30 heavy (non-hydrogen) atoms. The number of para-hydroxylation sites is 2. The molecule has 10 nitrogen and oxygen atoms in total. The third kappa shape index (κ3) is 6.76. The van der Waals surface area contributed by atoms with E-state index in [4.69, 9.17) is 9.52 Å². The largest absolute Gasteiger partial charge is 0.481 e. The number of aromatic nitrogens is 1. The van der Waals surface area contributed by atoms with Crippen molar-refractivity contribution in [2.24, 2.45) is 17.8 Å². The number of carbonyl (C=O) groups is 4. The van der Waals surface area contributed by atoms with E-state index in [1.807, 2.05) is 0 Å². The zero-order valence-electron chi connectivity index (χ0n) is 15.8. The van der Waals surface area contributed by atoms with E-state index in [9.17, 15) is 34.5 Å². The molecule has 0 radical (unpaired) electrons. The third-order valence-electron chi connectivity index (χ3n) is 4.57. The first-order chi connectivity index (χ1) is 14.2. The lowest BCUT2D eigenvalue weighted by atomic mass is 9.85. The molecule has 0 spiro atoms. The fourth-order valence-electron chi connectivity index (χ4n) is 2.95. The average Bonchev–Trinajstić information content (AvgIpc) is 3.08. The first kappa shape index (κ1) is 23.2. The van der Waals surface area contributed by atoms with Crippen LogP contribution in [0.4, 0.5) is 0 Å². The molecule has 2 aromatic rings. The molecule has 1 aromatic heterocycles. The fourth-order valence-corrected chi connectivity index (χ4v) is 3.88. The number of rotatable bonds is 13. The molecule has 4 N–H and O–H groups in total. The molecule has 0 aliphatic rings. The van der Waals surface area contributed by atoms with Crippen LogP contribution in [0, 0.1) is 17.8 Å². The number of carboxylic acids is 4. The van der Waals surface area contributed by atoms with E-state index >= 15 is 0 Å². The van der Waals surface area contributed by atoms with Crippen molar-refractivity contribution in [2.45, 2.75) is 30.9 Å². The number of nitrogens with zero attached hydrogens (tertiary/aromatic N) is 1. The molecule has 3 atom stereocenters. The van der Waals surface area contributed by atoms with Gasteiger partial charge >= 0.3 is 23.9 Å². The molecule has 3 unspecified atom stereocenters. The summed E-state index contributed by atoms with van der Waals surface area (Å²) in [7, 11) is 0. The minimum absolute atomic E-state index is 0.0151. The molecule has 0 amide bonds. The maximum atomic E-state index is 11.6. The molecule has 0 saturated carbocycles. The van der Waals surface area contributed by atoms with E-state index in [0.29, 0.717) is 11.1 Å². The van der Waals surface area contributed by atoms with Crippen LogP contribution in [0.5, 0.6) is 0 Å². The summed E-state index contributed by atoms with van der Waals surface area (Å²) in [5.41, 5.74) is 1.15. The van der Waals surface area contributed by atoms with Gasteiger partial charge in [-0.15, -0.1) is 0 Å². The van der Waals surface area contributed by atoms with Gasteiger partial charge in [0.2, 0.25) is 0 Å². The number of carboxylic acid groups (broad SMARTS) is 4. The quantitative estimate of drug-likeness (QED) is 0.337. The lowest BCUT2D eigenvalue weighted by molar-refractivity contribution is -0.147. The third-order valence-corrected chi connectivity index (χ3v) is 5.57. The van der Waals surface area contributed by atoms with Crippen LogP contribution >= 0.6 is 11.8 Å². The van der Waals surface area contributed by atoms with Crippen molar-refractivity contribution in [3.63, 3.8) is 0 Å². The van der Waals surface area contributed by atoms with Gasteiger partial charge in [-0.1, -0.05) is 23.9 Å². The number of aliphatic carboxylic acids is 4. The second kappa shape index (κ2) is 10.6. The fraction of sp³-hybridized carbons (Fsp3) is 0.421. The second-order valence-corrected chi connectivity index (χ2v) is 7.74. The van der Waals surface area contributed by atoms with Crippen LogP contribution < -0.4 is 0 Å². The summed E-state index contributed by atoms with van der Waals surface area (Å²) in [5, 5.41) is 37.2. The van der Waals surface area contributed by atoms with Crippen molar-refractivity contribution in [3.05, 3.63) is 24.3 Å². The molecular weight excluding hydrogens is 418 g/mol. The maximum absolute atomic E-state index is 11.6. The highest BCUT2D eigenvalue weighted by molar-refractivity contribution is 7.99. The minimum Gasteiger partial charge on any atom is -0.481 e. The molecule has 0 aliphatic carbocycles. The molecule has 2 rings (SSSR count). The predicted octanol–water partition coefficient (Wildman–Crippen LogP) is 2.67. The Hall–Kier alpha value is -3.08. The summed E-state index contributed by atoms with van der Waals surface area (Å²) < 4.78 is 5.51. The molecule has 11 heteroatoms. The topological polar surface area (TPSA) is 175 Å². The normalized spacial score (nSPS) is 14.1. The van der Waals surface area contributed by atoms with Gasteiger partial charge in [0.05, 0.1) is 17.8 Å². The maximum Gasteiger partial charge on any atom is 0.307 e. The van der Waals surface area contributed by atoms with Crippen molar-refractivity contribution in [1.29, 1.82) is 0 Å². The molecular formula is C19H21NO9S. The van der Waals surface area contributed by atoms with Gasteiger partial charge in [0.25, 0.3) is 5.22 Å². The van der Waals surface area contributed by atoms with Gasteiger partial charge in [0.15, 0.2) is 5.58 Å². The monoisotopic (exact) mass is 439 g/mol. The standard InChI is InChI=1S/C19H21NO9S/c21-15(22)6-5-10(16(23)24)7-11(17(25)26)8-12(18(27)28)9-30-19-20-13-3-1-2-4-14(13)29-19/h1-4,10-12H,5-9H2,(H,21,22)(H,23,24)(H,25,26)(H,27,28). The van der Waals surface area contributed by atoms with Crippen LogP contribution in [0.3, 0.4) is 0 Å². The summed E-state index contributed by atoms with van der Waals surface area (Å²) >= 11 is 1.03. The van der Waals surface area contributed by atoms with Gasteiger partial charge < -0.3 is 24.8 Å². The van der Waals surface area contributed by atoms with Crippen molar-refractivity contribution >= 4 is 46.7 Å². The molecule has 1 aromatic carbocycles. The van der Waals surface area contributed by atoms with Crippen molar-refractivity contribution < 1.29 is 44.0 Å². The lowest BCUT2D eigenvalue weighted by Gasteiger charge is -2.20. The molecule has 162 valence electrons. The molecule has 0 saturated heterocycles. The van der Waals surface area contributed by atoms with Gasteiger partial charge in [-0.2, -0.15) is 0 Å². The average molecular weight is 439 g/mol. The molecule has 1 heterocycles. The van der Waals surface area contributed by atoms with Crippen LogP contribution in [0.15, 0.2) is 33.9 Å². The lowest BCUT2D eigenvalue weighted by Crippen LogP contribution is -2.28. The van der Waals surface area contributed by atoms with Gasteiger partial charge in [0, 0.05) is 12.2 Å². The van der Waals surface area contributed by atoms with Crippen LogP contribution in [0.25, 0.3) is 11.1 Å². The predicted molar refractivity (Wildman–Crippen MR) is 104 cm³/mol. The highest BCUT2D eigenvalue weighted by atomic mass is 32.2. The summed E-state index contributed by atoms with van der Waals surface area (Å²) in [6.07, 6.45) is -1.30. The van der Waals surface area contributed by atoms with Gasteiger partial charge in [-0.25, -0.2) is 4.98 Å². The second-order valence-electron chi connectivity index (χ2n) is 6.77. The molecule has 0 aliphatic heterocycles. The smallest absolute Gasteiger partial charge is 0.307 e. The van der Waals surface area contributed by atoms with E-state index < -0.39 is 48.1 Å². The zero-order chi connectivity index (χ0) is 22.3. The highest BCUT2D eigenvalue weighted by Gasteiger charge is 2.32. The summed E-state index contributed by atoms with van der Waals surface area (Å²) in [6, 6.07) is 6.99. The Morgan fingerprint density at radius 1 is 0.900 bits per heavy atom. The van der Waals surface area contributed by atoms with Crippen LogP contribution in [-0.2, 0) is 19.2 Å². The van der Waals surface area contributed by atoms with E-state index in [1.54, 1.807) is 24.3 Å². The number of hydrogen-bond acceptors (Lipinski definition) is 7. The molecule has 0 fully saturated rings. The Bertz CT molecular complexity index is 893. The highest BCUT2D eigenvalue weighted by Crippen LogP contribution is 2.29. The number of benzene rings is 1. The van der Waals surface area contributed by atoms with Crippen molar-refractivity contribution in [2.75, 3.05) is 5.75 Å². The minimum atomic E-state index is -1.32. The van der Waals surface area contributed by atoms with Gasteiger partial charge in [-0.3, -0.25) is 19.2 Å². The Balaban J connectivity index is 2.04. The number of fused-ring (bicyclic) bond motifs is 1. The first-order valence-electron chi connectivity index (χ1n) is 9.06. The number of oxazole rings is 1. The van der Waals surface area contributed by atoms with Gasteiger partial charge in [-0.05, 0) is 31.4 Å². The van der Waals surface area contributed by atoms with Gasteiger partial charge in [0.1, 0.15) is 5.52 Å². The van der Waals surface area contributed by atoms with Crippen molar-refractivity contribution in [3.8, 4) is 0 Å². The first-order valence-corrected chi connectivity index (χ1v) is 10.0.